The van der Waals surface area contributed by atoms with E-state index in [-0.39, 0.29) is 38.2 Å². The monoisotopic (exact) mass is 582 g/mol. The predicted molar refractivity (Wildman–Crippen MR) is 143 cm³/mol. The van der Waals surface area contributed by atoms with Crippen LogP contribution in [0.5, 0.6) is 5.75 Å². The van der Waals surface area contributed by atoms with Crippen molar-refractivity contribution in [2.24, 2.45) is 0 Å². The van der Waals surface area contributed by atoms with Crippen LogP contribution in [0, 0.1) is 0 Å². The van der Waals surface area contributed by atoms with Gasteiger partial charge in [0.1, 0.15) is 11.9 Å². The Bertz CT molecular complexity index is 1400. The Labute approximate surface area is 232 Å². The lowest BCUT2D eigenvalue weighted by Gasteiger charge is -2.38. The fourth-order valence-electron chi connectivity index (χ4n) is 5.19. The quantitative estimate of drug-likeness (QED) is 0.361. The topological polar surface area (TPSA) is 109 Å². The molecular formula is C27H31F5N6O3. The fourth-order valence-corrected chi connectivity index (χ4v) is 5.19. The number of benzene rings is 2. The molecule has 41 heavy (non-hydrogen) atoms. The molecule has 0 atom stereocenters. The number of nitrogens with one attached hydrogen (secondary N) is 2. The SMILES string of the molecule is CNC(=O)c1ccc(-c2cc(OC3CCOCC3)c3c(N)n[nH]c3c2)cc1N1CCN(CC(F)(F)C(F)(F)F)CC1. The molecule has 2 fully saturated rings. The number of piperazine rings is 1. The fraction of sp³-hybridized carbons (Fsp3) is 0.481. The van der Waals surface area contributed by atoms with Crippen LogP contribution in [0.3, 0.4) is 0 Å². The molecule has 0 spiro atoms. The Hall–Kier alpha value is -3.65. The minimum absolute atomic E-state index is 0.0223. The number of aromatic nitrogens is 2. The zero-order chi connectivity index (χ0) is 29.4. The van der Waals surface area contributed by atoms with E-state index < -0.39 is 18.6 Å². The molecule has 1 amide bonds. The lowest BCUT2D eigenvalue weighted by molar-refractivity contribution is -0.286. The second-order valence-corrected chi connectivity index (χ2v) is 10.2. The average Bonchev–Trinajstić information content (AvgIpc) is 3.33. The van der Waals surface area contributed by atoms with Crippen molar-refractivity contribution < 1.29 is 36.2 Å². The maximum Gasteiger partial charge on any atom is 0.454 e. The predicted octanol–water partition coefficient (Wildman–Crippen LogP) is 4.05. The molecule has 2 aromatic carbocycles. The Morgan fingerprint density at radius 3 is 2.46 bits per heavy atom. The number of hydrogen-bond acceptors (Lipinski definition) is 7. The van der Waals surface area contributed by atoms with Crippen LogP contribution in [0.2, 0.25) is 0 Å². The summed E-state index contributed by atoms with van der Waals surface area (Å²) >= 11 is 0. The number of aromatic amines is 1. The normalized spacial score (nSPS) is 17.7. The number of H-pyrrole nitrogens is 1. The van der Waals surface area contributed by atoms with Gasteiger partial charge in [-0.1, -0.05) is 6.07 Å². The highest BCUT2D eigenvalue weighted by Gasteiger charge is 2.58. The molecule has 3 heterocycles. The van der Waals surface area contributed by atoms with Gasteiger partial charge in [0.25, 0.3) is 5.91 Å². The Morgan fingerprint density at radius 1 is 1.10 bits per heavy atom. The van der Waals surface area contributed by atoms with Crippen molar-refractivity contribution in [2.75, 3.05) is 63.6 Å². The molecule has 2 aliphatic rings. The maximum absolute atomic E-state index is 13.6. The molecule has 9 nitrogen and oxygen atoms in total. The van der Waals surface area contributed by atoms with Gasteiger partial charge in [-0.2, -0.15) is 27.1 Å². The molecular weight excluding hydrogens is 551 g/mol. The van der Waals surface area contributed by atoms with E-state index in [1.165, 1.54) is 7.05 Å². The second kappa shape index (κ2) is 11.3. The van der Waals surface area contributed by atoms with E-state index in [4.69, 9.17) is 15.2 Å². The highest BCUT2D eigenvalue weighted by Crippen LogP contribution is 2.39. The first-order valence-corrected chi connectivity index (χ1v) is 13.3. The first-order valence-electron chi connectivity index (χ1n) is 13.3. The van der Waals surface area contributed by atoms with Gasteiger partial charge in [0.2, 0.25) is 0 Å². The third-order valence-corrected chi connectivity index (χ3v) is 7.47. The smallest absolute Gasteiger partial charge is 0.454 e. The van der Waals surface area contributed by atoms with Gasteiger partial charge in [-0.05, 0) is 35.4 Å². The van der Waals surface area contributed by atoms with Gasteiger partial charge in [0, 0.05) is 46.1 Å². The van der Waals surface area contributed by atoms with Gasteiger partial charge < -0.3 is 25.4 Å². The summed E-state index contributed by atoms with van der Waals surface area (Å²) in [5.74, 6) is -4.29. The van der Waals surface area contributed by atoms with E-state index in [2.05, 4.69) is 15.5 Å². The molecule has 222 valence electrons. The highest BCUT2D eigenvalue weighted by molar-refractivity contribution is 6.01. The number of rotatable bonds is 7. The van der Waals surface area contributed by atoms with Crippen LogP contribution < -0.4 is 20.7 Å². The van der Waals surface area contributed by atoms with Crippen LogP contribution in [0.1, 0.15) is 23.2 Å². The summed E-state index contributed by atoms with van der Waals surface area (Å²) < 4.78 is 77.2. The standard InChI is InChI=1S/C27H31F5N6O3/c1-34-25(39)19-3-2-16(13-21(19)38-8-6-37(7-9-38)15-26(28,29)27(30,31)32)17-12-20-23(24(33)36-35-20)22(14-17)41-18-4-10-40-11-5-18/h2-3,12-14,18H,4-11,15H2,1H3,(H,34,39)(H3,33,35,36). The van der Waals surface area contributed by atoms with Gasteiger partial charge in [0.05, 0.1) is 41.9 Å². The number of hydrogen-bond donors (Lipinski definition) is 3. The number of halogens is 5. The van der Waals surface area contributed by atoms with E-state index in [0.717, 1.165) is 28.9 Å². The zero-order valence-corrected chi connectivity index (χ0v) is 22.4. The number of nitrogens with zero attached hydrogens (tertiary/aromatic N) is 3. The van der Waals surface area contributed by atoms with Crippen LogP contribution in [0.4, 0.5) is 33.5 Å². The Morgan fingerprint density at radius 2 is 1.80 bits per heavy atom. The lowest BCUT2D eigenvalue weighted by Crippen LogP contribution is -2.53. The van der Waals surface area contributed by atoms with E-state index >= 15 is 0 Å². The number of anilines is 2. The van der Waals surface area contributed by atoms with Crippen LogP contribution in [-0.2, 0) is 4.74 Å². The van der Waals surface area contributed by atoms with Crippen LogP contribution in [-0.4, -0.2) is 92.2 Å². The summed E-state index contributed by atoms with van der Waals surface area (Å²) in [4.78, 5) is 15.6. The summed E-state index contributed by atoms with van der Waals surface area (Å²) in [6, 6.07) is 8.99. The summed E-state index contributed by atoms with van der Waals surface area (Å²) in [6.45, 7) is 0.0673. The molecule has 0 bridgehead atoms. The van der Waals surface area contributed by atoms with Gasteiger partial charge in [0.15, 0.2) is 5.82 Å². The second-order valence-electron chi connectivity index (χ2n) is 10.2. The molecule has 2 saturated heterocycles. The molecule has 0 unspecified atom stereocenters. The molecule has 2 aliphatic heterocycles. The molecule has 0 aliphatic carbocycles. The minimum atomic E-state index is -5.61. The number of amides is 1. The van der Waals surface area contributed by atoms with Crippen LogP contribution >= 0.6 is 0 Å². The van der Waals surface area contributed by atoms with Crippen molar-refractivity contribution in [1.82, 2.24) is 20.4 Å². The largest absolute Gasteiger partial charge is 0.489 e. The van der Waals surface area contributed by atoms with Crippen LogP contribution in [0.15, 0.2) is 30.3 Å². The first-order chi connectivity index (χ1) is 19.5. The third kappa shape index (κ3) is 6.03. The molecule has 3 aromatic rings. The third-order valence-electron chi connectivity index (χ3n) is 7.47. The molecule has 0 radical (unpaired) electrons. The van der Waals surface area contributed by atoms with Gasteiger partial charge in [-0.25, -0.2) is 0 Å². The van der Waals surface area contributed by atoms with Crippen molar-refractivity contribution in [2.45, 2.75) is 31.0 Å². The van der Waals surface area contributed by atoms with Gasteiger partial charge in [-0.15, -0.1) is 0 Å². The number of carbonyl (C=O) groups is 1. The van der Waals surface area contributed by atoms with Crippen molar-refractivity contribution in [1.29, 1.82) is 0 Å². The van der Waals surface area contributed by atoms with Crippen molar-refractivity contribution >= 4 is 28.3 Å². The van der Waals surface area contributed by atoms with Crippen molar-refractivity contribution in [3.8, 4) is 16.9 Å². The highest BCUT2D eigenvalue weighted by atomic mass is 19.4. The number of nitrogens with two attached hydrogens (primary N) is 1. The van der Waals surface area contributed by atoms with Gasteiger partial charge in [-0.3, -0.25) is 14.8 Å². The maximum atomic E-state index is 13.6. The van der Waals surface area contributed by atoms with Crippen LogP contribution in [0.25, 0.3) is 22.0 Å². The summed E-state index contributed by atoms with van der Waals surface area (Å²) in [6.07, 6.45) is -4.20. The number of ether oxygens (including phenoxy) is 2. The van der Waals surface area contributed by atoms with E-state index in [9.17, 15) is 26.7 Å². The number of nitrogen functional groups attached to an aromatic ring is 1. The average molecular weight is 583 g/mol. The molecule has 5 rings (SSSR count). The lowest BCUT2D eigenvalue weighted by atomic mass is 9.99. The van der Waals surface area contributed by atoms with E-state index in [1.54, 1.807) is 12.1 Å². The number of fused-ring (bicyclic) bond motifs is 1. The van der Waals surface area contributed by atoms with Gasteiger partial charge >= 0.3 is 12.1 Å². The first kappa shape index (κ1) is 28.9. The Balaban J connectivity index is 1.44. The minimum Gasteiger partial charge on any atom is -0.489 e. The zero-order valence-electron chi connectivity index (χ0n) is 22.4. The summed E-state index contributed by atoms with van der Waals surface area (Å²) in [5.41, 5.74) is 9.19. The molecule has 1 aromatic heterocycles. The van der Waals surface area contributed by atoms with E-state index in [1.807, 2.05) is 23.1 Å². The molecule has 0 saturated carbocycles. The summed E-state index contributed by atoms with van der Waals surface area (Å²) in [7, 11) is 1.49. The van der Waals surface area contributed by atoms with Crippen molar-refractivity contribution in [3.63, 3.8) is 0 Å². The number of carbonyl (C=O) groups excluding carboxylic acids is 1. The van der Waals surface area contributed by atoms with Crippen molar-refractivity contribution in [3.05, 3.63) is 35.9 Å². The number of alkyl halides is 5. The van der Waals surface area contributed by atoms with E-state index in [0.29, 0.717) is 46.9 Å². The molecule has 14 heteroatoms. The Kier molecular flexibility index (Phi) is 7.97. The molecule has 4 N–H and O–H groups in total. The summed E-state index contributed by atoms with van der Waals surface area (Å²) in [5, 5.41) is 10.3.